The second kappa shape index (κ2) is 5.74. The maximum atomic E-state index is 12.4. The van der Waals surface area contributed by atoms with E-state index in [2.05, 4.69) is 24.3 Å². The third kappa shape index (κ3) is 3.35. The predicted molar refractivity (Wildman–Crippen MR) is 74.7 cm³/mol. The van der Waals surface area contributed by atoms with Crippen molar-refractivity contribution in [3.05, 3.63) is 17.5 Å². The Morgan fingerprint density at radius 2 is 2.26 bits per heavy atom. The molecule has 1 saturated heterocycles. The fraction of sp³-hybridized carbons (Fsp3) is 0.714. The molecule has 0 saturated carbocycles. The van der Waals surface area contributed by atoms with Gasteiger partial charge in [0, 0.05) is 37.9 Å². The first kappa shape index (κ1) is 14.1. The van der Waals surface area contributed by atoms with Crippen LogP contribution in [0, 0.1) is 6.92 Å². The van der Waals surface area contributed by atoms with E-state index in [1.165, 1.54) is 0 Å². The summed E-state index contributed by atoms with van der Waals surface area (Å²) in [6, 6.07) is 0.319. The van der Waals surface area contributed by atoms with E-state index in [4.69, 9.17) is 0 Å². The fourth-order valence-electron chi connectivity index (χ4n) is 2.66. The second-order valence-corrected chi connectivity index (χ2v) is 5.69. The topological polar surface area (TPSA) is 50.2 Å². The molecule has 2 heterocycles. The Morgan fingerprint density at radius 3 is 2.84 bits per heavy atom. The molecule has 1 fully saturated rings. The van der Waals surface area contributed by atoms with Crippen molar-refractivity contribution >= 4 is 5.91 Å². The summed E-state index contributed by atoms with van der Waals surface area (Å²) in [6.45, 7) is 7.68. The first-order chi connectivity index (χ1) is 8.97. The first-order valence-electron chi connectivity index (χ1n) is 7.01. The number of aromatic nitrogens is 2. The van der Waals surface area contributed by atoms with Crippen molar-refractivity contribution in [1.82, 2.24) is 20.0 Å². The molecule has 1 atom stereocenters. The van der Waals surface area contributed by atoms with E-state index in [1.807, 2.05) is 29.7 Å². The molecule has 2 rings (SSSR count). The van der Waals surface area contributed by atoms with Crippen LogP contribution in [-0.4, -0.2) is 39.2 Å². The van der Waals surface area contributed by atoms with Crippen LogP contribution in [0.15, 0.2) is 6.20 Å². The predicted octanol–water partition coefficient (Wildman–Crippen LogP) is 1.22. The van der Waals surface area contributed by atoms with Gasteiger partial charge in [0.05, 0.1) is 11.7 Å². The molecule has 19 heavy (non-hydrogen) atoms. The summed E-state index contributed by atoms with van der Waals surface area (Å²) in [6.07, 6.45) is 4.01. The third-order valence-corrected chi connectivity index (χ3v) is 3.54. The number of carbonyl (C=O) groups excluding carboxylic acids is 1. The number of piperidine rings is 1. The van der Waals surface area contributed by atoms with E-state index in [0.717, 1.165) is 30.6 Å². The van der Waals surface area contributed by atoms with E-state index in [-0.39, 0.29) is 11.9 Å². The fourth-order valence-corrected chi connectivity index (χ4v) is 2.66. The highest BCUT2D eigenvalue weighted by molar-refractivity contribution is 5.82. The van der Waals surface area contributed by atoms with Gasteiger partial charge in [-0.1, -0.05) is 13.8 Å². The van der Waals surface area contributed by atoms with Crippen LogP contribution in [-0.2, 0) is 18.4 Å². The van der Waals surface area contributed by atoms with Crippen LogP contribution >= 0.6 is 0 Å². The molecule has 5 nitrogen and oxygen atoms in total. The molecule has 1 N–H and O–H groups in total. The molecule has 0 radical (unpaired) electrons. The summed E-state index contributed by atoms with van der Waals surface area (Å²) < 4.78 is 1.81. The monoisotopic (exact) mass is 264 g/mol. The average molecular weight is 264 g/mol. The van der Waals surface area contributed by atoms with Crippen molar-refractivity contribution in [3.8, 4) is 0 Å². The van der Waals surface area contributed by atoms with Gasteiger partial charge in [-0.15, -0.1) is 0 Å². The summed E-state index contributed by atoms with van der Waals surface area (Å²) in [4.78, 5) is 14.4. The Morgan fingerprint density at radius 1 is 1.53 bits per heavy atom. The highest BCUT2D eigenvalue weighted by Crippen LogP contribution is 2.17. The highest BCUT2D eigenvalue weighted by Gasteiger charge is 2.29. The number of aryl methyl sites for hydroxylation is 2. The van der Waals surface area contributed by atoms with Crippen molar-refractivity contribution in [1.29, 1.82) is 0 Å². The number of amides is 1. The minimum Gasteiger partial charge on any atom is -0.337 e. The second-order valence-electron chi connectivity index (χ2n) is 5.69. The van der Waals surface area contributed by atoms with Gasteiger partial charge in [0.15, 0.2) is 0 Å². The summed E-state index contributed by atoms with van der Waals surface area (Å²) in [5, 5.41) is 7.69. The molecule has 0 bridgehead atoms. The lowest BCUT2D eigenvalue weighted by Gasteiger charge is -2.33. The summed E-state index contributed by atoms with van der Waals surface area (Å²) in [7, 11) is 1.91. The molecule has 1 aromatic rings. The van der Waals surface area contributed by atoms with Gasteiger partial charge in [0.25, 0.3) is 0 Å². The van der Waals surface area contributed by atoms with E-state index >= 15 is 0 Å². The molecule has 5 heteroatoms. The van der Waals surface area contributed by atoms with Gasteiger partial charge < -0.3 is 10.2 Å². The number of nitrogens with one attached hydrogen (secondary N) is 1. The molecule has 0 aliphatic carbocycles. The van der Waals surface area contributed by atoms with Gasteiger partial charge in [-0.05, 0) is 19.8 Å². The Labute approximate surface area is 115 Å². The standard InChI is InChI=1S/C14H24N4O/c1-10(2)15-13-6-5-7-18(14(13)19)9-12-8-17(4)16-11(12)3/h8,10,13,15H,5-7,9H2,1-4H3. The van der Waals surface area contributed by atoms with E-state index < -0.39 is 0 Å². The van der Waals surface area contributed by atoms with Gasteiger partial charge in [-0.3, -0.25) is 9.48 Å². The lowest BCUT2D eigenvalue weighted by molar-refractivity contribution is -0.136. The SMILES string of the molecule is Cc1nn(C)cc1CN1CCCC(NC(C)C)C1=O. The third-order valence-electron chi connectivity index (χ3n) is 3.54. The van der Waals surface area contributed by atoms with Crippen LogP contribution in [0.5, 0.6) is 0 Å². The number of likely N-dealkylation sites (tertiary alicyclic amines) is 1. The zero-order chi connectivity index (χ0) is 14.0. The summed E-state index contributed by atoms with van der Waals surface area (Å²) in [5.41, 5.74) is 2.15. The Hall–Kier alpha value is -1.36. The molecule has 106 valence electrons. The zero-order valence-electron chi connectivity index (χ0n) is 12.3. The molecule has 1 unspecified atom stereocenters. The molecular weight excluding hydrogens is 240 g/mol. The van der Waals surface area contributed by atoms with Crippen LogP contribution in [0.2, 0.25) is 0 Å². The average Bonchev–Trinajstić information content (AvgIpc) is 2.62. The van der Waals surface area contributed by atoms with Crippen LogP contribution in [0.1, 0.15) is 37.9 Å². The van der Waals surface area contributed by atoms with E-state index in [0.29, 0.717) is 12.6 Å². The number of carbonyl (C=O) groups is 1. The van der Waals surface area contributed by atoms with Gasteiger partial charge >= 0.3 is 0 Å². The Kier molecular flexibility index (Phi) is 4.24. The highest BCUT2D eigenvalue weighted by atomic mass is 16.2. The van der Waals surface area contributed by atoms with Gasteiger partial charge in [0.1, 0.15) is 0 Å². The molecule has 1 amide bonds. The van der Waals surface area contributed by atoms with Crippen LogP contribution in [0.4, 0.5) is 0 Å². The van der Waals surface area contributed by atoms with E-state index in [1.54, 1.807) is 0 Å². The smallest absolute Gasteiger partial charge is 0.240 e. The normalized spacial score (nSPS) is 20.4. The first-order valence-corrected chi connectivity index (χ1v) is 7.01. The number of hydrogen-bond donors (Lipinski definition) is 1. The van der Waals surface area contributed by atoms with Gasteiger partial charge in [0.2, 0.25) is 5.91 Å². The van der Waals surface area contributed by atoms with Crippen LogP contribution in [0.25, 0.3) is 0 Å². The zero-order valence-corrected chi connectivity index (χ0v) is 12.3. The molecule has 1 aliphatic rings. The molecule has 0 spiro atoms. The summed E-state index contributed by atoms with van der Waals surface area (Å²) >= 11 is 0. The van der Waals surface area contributed by atoms with Crippen LogP contribution < -0.4 is 5.32 Å². The van der Waals surface area contributed by atoms with Crippen molar-refractivity contribution in [2.24, 2.45) is 7.05 Å². The lowest BCUT2D eigenvalue weighted by Crippen LogP contribution is -2.52. The van der Waals surface area contributed by atoms with E-state index in [9.17, 15) is 4.79 Å². The molecule has 1 aliphatic heterocycles. The van der Waals surface area contributed by atoms with Gasteiger partial charge in [-0.25, -0.2) is 0 Å². The molecule has 1 aromatic heterocycles. The van der Waals surface area contributed by atoms with Crippen molar-refractivity contribution in [2.75, 3.05) is 6.54 Å². The number of nitrogens with zero attached hydrogens (tertiary/aromatic N) is 3. The maximum Gasteiger partial charge on any atom is 0.240 e. The maximum absolute atomic E-state index is 12.4. The van der Waals surface area contributed by atoms with Crippen molar-refractivity contribution in [3.63, 3.8) is 0 Å². The number of hydrogen-bond acceptors (Lipinski definition) is 3. The van der Waals surface area contributed by atoms with Crippen LogP contribution in [0.3, 0.4) is 0 Å². The minimum atomic E-state index is -0.0225. The lowest BCUT2D eigenvalue weighted by atomic mass is 10.0. The Balaban J connectivity index is 2.03. The Bertz CT molecular complexity index is 452. The largest absolute Gasteiger partial charge is 0.337 e. The minimum absolute atomic E-state index is 0.0225. The number of rotatable bonds is 4. The van der Waals surface area contributed by atoms with Crippen molar-refractivity contribution in [2.45, 2.75) is 52.2 Å². The quantitative estimate of drug-likeness (QED) is 0.889. The van der Waals surface area contributed by atoms with Crippen molar-refractivity contribution < 1.29 is 4.79 Å². The summed E-state index contributed by atoms with van der Waals surface area (Å²) in [5.74, 6) is 0.225. The molecular formula is C14H24N4O. The van der Waals surface area contributed by atoms with Gasteiger partial charge in [-0.2, -0.15) is 5.10 Å². The molecule has 0 aromatic carbocycles.